The van der Waals surface area contributed by atoms with Gasteiger partial charge >= 0.3 is 0 Å². The molecule has 0 amide bonds. The summed E-state index contributed by atoms with van der Waals surface area (Å²) in [5.74, 6) is 2.25. The topological polar surface area (TPSA) is 74.9 Å². The summed E-state index contributed by atoms with van der Waals surface area (Å²) in [4.78, 5) is 18.1. The molecule has 1 atom stereocenters. The number of benzene rings is 2. The van der Waals surface area contributed by atoms with Crippen LogP contribution in [-0.2, 0) is 0 Å². The number of hydrogen-bond donors (Lipinski definition) is 0. The average molecular weight is 530 g/mol. The van der Waals surface area contributed by atoms with Crippen LogP contribution in [0.5, 0.6) is 17.2 Å². The largest absolute Gasteiger partial charge is 0.493 e. The van der Waals surface area contributed by atoms with E-state index >= 15 is 0 Å². The summed E-state index contributed by atoms with van der Waals surface area (Å²) < 4.78 is 19.3. The minimum absolute atomic E-state index is 0.0260. The predicted molar refractivity (Wildman–Crippen MR) is 140 cm³/mol. The van der Waals surface area contributed by atoms with E-state index in [1.807, 2.05) is 31.2 Å². The van der Waals surface area contributed by atoms with E-state index in [9.17, 15) is 4.79 Å². The molecule has 7 nitrogen and oxygen atoms in total. The van der Waals surface area contributed by atoms with Crippen LogP contribution in [0.4, 0.5) is 0 Å². The van der Waals surface area contributed by atoms with Crippen LogP contribution in [0.25, 0.3) is 10.9 Å². The molecule has 0 spiro atoms. The van der Waals surface area contributed by atoms with E-state index < -0.39 is 0 Å². The smallest absolute Gasteiger partial charge is 0.282 e. The zero-order valence-corrected chi connectivity index (χ0v) is 22.4. The van der Waals surface area contributed by atoms with Crippen molar-refractivity contribution in [3.8, 4) is 17.2 Å². The molecular formula is C26H32BrN3O4. The molecule has 1 aromatic heterocycles. The van der Waals surface area contributed by atoms with Gasteiger partial charge in [0.15, 0.2) is 11.5 Å². The molecule has 0 bridgehead atoms. The minimum Gasteiger partial charge on any atom is -0.493 e. The minimum atomic E-state index is -0.220. The molecule has 3 aromatic rings. The van der Waals surface area contributed by atoms with Crippen LogP contribution in [-0.4, -0.2) is 36.7 Å². The lowest BCUT2D eigenvalue weighted by molar-refractivity contribution is 0.184. The van der Waals surface area contributed by atoms with Crippen molar-refractivity contribution in [2.24, 2.45) is 10.5 Å². The number of aromatic nitrogens is 2. The second-order valence-corrected chi connectivity index (χ2v) is 10.3. The number of hydrogen-bond acceptors (Lipinski definition) is 6. The molecule has 1 heterocycles. The van der Waals surface area contributed by atoms with Gasteiger partial charge in [-0.15, -0.1) is 0 Å². The maximum atomic E-state index is 13.3. The molecule has 8 heteroatoms. The van der Waals surface area contributed by atoms with Crippen LogP contribution >= 0.6 is 15.9 Å². The molecule has 0 radical (unpaired) electrons. The third-order valence-corrected chi connectivity index (χ3v) is 5.83. The zero-order valence-electron chi connectivity index (χ0n) is 20.8. The molecule has 0 fully saturated rings. The van der Waals surface area contributed by atoms with Crippen LogP contribution in [0.15, 0.2) is 44.7 Å². The highest BCUT2D eigenvalue weighted by molar-refractivity contribution is 9.10. The van der Waals surface area contributed by atoms with Crippen molar-refractivity contribution < 1.29 is 14.2 Å². The highest BCUT2D eigenvalue weighted by Gasteiger charge is 2.19. The SMILES string of the molecule is CC[C@@H](C)c1nc2ccc(Br)cc2c(=O)n1N=Cc1cc(OC)c(OCC(C)(C)C)c(OC)c1. The second kappa shape index (κ2) is 10.6. The third kappa shape index (κ3) is 5.78. The Bertz CT molecular complexity index is 1240. The van der Waals surface area contributed by atoms with Gasteiger partial charge in [0.25, 0.3) is 5.56 Å². The van der Waals surface area contributed by atoms with E-state index in [0.29, 0.717) is 46.1 Å². The molecule has 0 aliphatic rings. The van der Waals surface area contributed by atoms with Gasteiger partial charge in [-0.3, -0.25) is 4.79 Å². The lowest BCUT2D eigenvalue weighted by Gasteiger charge is -2.21. The Morgan fingerprint density at radius 1 is 1.15 bits per heavy atom. The normalized spacial score (nSPS) is 12.8. The van der Waals surface area contributed by atoms with Crippen molar-refractivity contribution in [3.63, 3.8) is 0 Å². The fourth-order valence-corrected chi connectivity index (χ4v) is 3.67. The molecule has 0 unspecified atom stereocenters. The standard InChI is InChI=1S/C26H32BrN3O4/c1-8-16(2)24-29-20-10-9-18(27)13-19(20)25(31)30(24)28-14-17-11-21(32-6)23(22(12-17)33-7)34-15-26(3,4)5/h9-14,16H,8,15H2,1-7H3/t16-/m1/s1. The fourth-order valence-electron chi connectivity index (χ4n) is 3.31. The maximum Gasteiger partial charge on any atom is 0.282 e. The Morgan fingerprint density at radius 3 is 2.35 bits per heavy atom. The quantitative estimate of drug-likeness (QED) is 0.334. The number of rotatable bonds is 8. The van der Waals surface area contributed by atoms with Crippen molar-refractivity contribution >= 4 is 33.0 Å². The number of fused-ring (bicyclic) bond motifs is 1. The van der Waals surface area contributed by atoms with Crippen LogP contribution in [0.1, 0.15) is 58.3 Å². The van der Waals surface area contributed by atoms with E-state index in [1.54, 1.807) is 26.5 Å². The van der Waals surface area contributed by atoms with Crippen molar-refractivity contribution in [2.75, 3.05) is 20.8 Å². The van der Waals surface area contributed by atoms with Crippen LogP contribution in [0.2, 0.25) is 0 Å². The van der Waals surface area contributed by atoms with Crippen LogP contribution in [0.3, 0.4) is 0 Å². The summed E-state index contributed by atoms with van der Waals surface area (Å²) >= 11 is 3.44. The van der Waals surface area contributed by atoms with Crippen molar-refractivity contribution in [2.45, 2.75) is 47.0 Å². The Kier molecular flexibility index (Phi) is 8.02. The average Bonchev–Trinajstić information content (AvgIpc) is 2.80. The van der Waals surface area contributed by atoms with Gasteiger partial charge in [-0.2, -0.15) is 9.78 Å². The van der Waals surface area contributed by atoms with Gasteiger partial charge in [-0.1, -0.05) is 50.5 Å². The van der Waals surface area contributed by atoms with E-state index in [-0.39, 0.29) is 16.9 Å². The Labute approximate surface area is 208 Å². The molecule has 0 saturated heterocycles. The predicted octanol–water partition coefficient (Wildman–Crippen LogP) is 6.00. The number of ether oxygens (including phenoxy) is 3. The van der Waals surface area contributed by atoms with Gasteiger partial charge < -0.3 is 14.2 Å². The first kappa shape index (κ1) is 25.7. The maximum absolute atomic E-state index is 13.3. The zero-order chi connectivity index (χ0) is 25.0. The summed E-state index contributed by atoms with van der Waals surface area (Å²) in [6.07, 6.45) is 2.43. The van der Waals surface area contributed by atoms with E-state index in [1.165, 1.54) is 4.68 Å². The molecule has 2 aromatic carbocycles. The number of methoxy groups -OCH3 is 2. The second-order valence-electron chi connectivity index (χ2n) is 9.41. The highest BCUT2D eigenvalue weighted by Crippen LogP contribution is 2.39. The first-order valence-corrected chi connectivity index (χ1v) is 12.0. The van der Waals surface area contributed by atoms with Gasteiger partial charge in [0.1, 0.15) is 5.82 Å². The lowest BCUT2D eigenvalue weighted by atomic mass is 9.99. The van der Waals surface area contributed by atoms with E-state index in [2.05, 4.69) is 48.7 Å². The van der Waals surface area contributed by atoms with Crippen LogP contribution in [0, 0.1) is 5.41 Å². The molecule has 0 N–H and O–H groups in total. The van der Waals surface area contributed by atoms with Crippen LogP contribution < -0.4 is 19.8 Å². The summed E-state index contributed by atoms with van der Waals surface area (Å²) in [6.45, 7) is 10.9. The molecule has 0 saturated carbocycles. The van der Waals surface area contributed by atoms with Crippen molar-refractivity contribution in [1.82, 2.24) is 9.66 Å². The van der Waals surface area contributed by atoms with E-state index in [4.69, 9.17) is 19.2 Å². The molecule has 0 aliphatic heterocycles. The van der Waals surface area contributed by atoms with Gasteiger partial charge in [0.2, 0.25) is 5.75 Å². The molecule has 3 rings (SSSR count). The van der Waals surface area contributed by atoms with Gasteiger partial charge in [-0.05, 0) is 42.2 Å². The first-order valence-electron chi connectivity index (χ1n) is 11.2. The monoisotopic (exact) mass is 529 g/mol. The molecule has 0 aliphatic carbocycles. The van der Waals surface area contributed by atoms with Gasteiger partial charge in [-0.25, -0.2) is 4.98 Å². The van der Waals surface area contributed by atoms with Crippen molar-refractivity contribution in [1.29, 1.82) is 0 Å². The first-order chi connectivity index (χ1) is 16.1. The fraction of sp³-hybridized carbons (Fsp3) is 0.423. The molecular weight excluding hydrogens is 498 g/mol. The van der Waals surface area contributed by atoms with Gasteiger partial charge in [0, 0.05) is 16.0 Å². The number of halogens is 1. The Hall–Kier alpha value is -2.87. The van der Waals surface area contributed by atoms with Gasteiger partial charge in [0.05, 0.1) is 37.9 Å². The Morgan fingerprint density at radius 2 is 1.79 bits per heavy atom. The number of nitrogens with zero attached hydrogens (tertiary/aromatic N) is 3. The summed E-state index contributed by atoms with van der Waals surface area (Å²) in [5, 5.41) is 5.04. The summed E-state index contributed by atoms with van der Waals surface area (Å²) in [5.41, 5.74) is 1.11. The lowest BCUT2D eigenvalue weighted by Crippen LogP contribution is -2.23. The van der Waals surface area contributed by atoms with Crippen molar-refractivity contribution in [3.05, 3.63) is 56.5 Å². The third-order valence-electron chi connectivity index (χ3n) is 5.34. The van der Waals surface area contributed by atoms with E-state index in [0.717, 1.165) is 10.9 Å². The summed E-state index contributed by atoms with van der Waals surface area (Å²) in [6, 6.07) is 9.11. The Balaban J connectivity index is 2.10. The molecule has 34 heavy (non-hydrogen) atoms. The highest BCUT2D eigenvalue weighted by atomic mass is 79.9. The summed E-state index contributed by atoms with van der Waals surface area (Å²) in [7, 11) is 3.16. The molecule has 182 valence electrons.